The molecular weight excluding hydrogens is 619 g/mol. The summed E-state index contributed by atoms with van der Waals surface area (Å²) >= 11 is 0. The number of nitrogens with zero attached hydrogens (tertiary/aromatic N) is 3. The minimum atomic E-state index is -0.000268. The summed E-state index contributed by atoms with van der Waals surface area (Å²) in [6.07, 6.45) is 5.64. The summed E-state index contributed by atoms with van der Waals surface area (Å²) in [4.78, 5) is 13.3. The maximum atomic E-state index is 4.67. The number of aryl methyl sites for hydroxylation is 2. The predicted octanol–water partition coefficient (Wildman–Crippen LogP) is 7.41. The van der Waals surface area contributed by atoms with Crippen LogP contribution < -0.4 is 0 Å². The van der Waals surface area contributed by atoms with Gasteiger partial charge in [0.25, 0.3) is 0 Å². The fraction of sp³-hybridized carbons (Fsp3) is 0.156. The number of benzene rings is 2. The second-order valence-corrected chi connectivity index (χ2v) is 9.33. The first-order valence-corrected chi connectivity index (χ1v) is 11.8. The van der Waals surface area contributed by atoms with Crippen molar-refractivity contribution < 1.29 is 20.1 Å². The summed E-state index contributed by atoms with van der Waals surface area (Å²) in [6.45, 7) is 8.59. The van der Waals surface area contributed by atoms with E-state index in [4.69, 9.17) is 0 Å². The Balaban J connectivity index is 0.000000187. The number of pyridine rings is 3. The average Bonchev–Trinajstić information content (AvgIpc) is 3.12. The Morgan fingerprint density at radius 2 is 1.47 bits per heavy atom. The molecule has 2 aromatic carbocycles. The quantitative estimate of drug-likeness (QED) is 0.188. The molecule has 3 aromatic heterocycles. The standard InChI is InChI=1S/C20H17N2.C12H10N.Ir/c1-13-14(8-6-10-21-13)19-11-18-16(12-22-19)15-7-4-5-9-17(15)20(18,2)3;1-10-7-8-12(13-9-10)11-5-3-2-4-6-11;/h4-7,9-12H,1-3H3;2-5,7-9H,1H3;/q2*-1;. The van der Waals surface area contributed by atoms with Gasteiger partial charge in [0, 0.05) is 43.5 Å². The third-order valence-electron chi connectivity index (χ3n) is 6.55. The average molecular weight is 646 g/mol. The summed E-state index contributed by atoms with van der Waals surface area (Å²) in [5.41, 5.74) is 11.3. The molecule has 6 rings (SSSR count). The predicted molar refractivity (Wildman–Crippen MR) is 142 cm³/mol. The van der Waals surface area contributed by atoms with Gasteiger partial charge in [0.2, 0.25) is 0 Å². The van der Waals surface area contributed by atoms with Crippen molar-refractivity contribution in [3.63, 3.8) is 0 Å². The van der Waals surface area contributed by atoms with Gasteiger partial charge in [-0.1, -0.05) is 69.4 Å². The fourth-order valence-corrected chi connectivity index (χ4v) is 4.61. The van der Waals surface area contributed by atoms with E-state index in [2.05, 4.69) is 77.3 Å². The van der Waals surface area contributed by atoms with Crippen LogP contribution in [0.5, 0.6) is 0 Å². The van der Waals surface area contributed by atoms with E-state index >= 15 is 0 Å². The molecule has 5 aromatic rings. The fourth-order valence-electron chi connectivity index (χ4n) is 4.61. The molecule has 3 nitrogen and oxygen atoms in total. The molecule has 0 saturated carbocycles. The van der Waals surface area contributed by atoms with Crippen LogP contribution in [-0.4, -0.2) is 15.0 Å². The van der Waals surface area contributed by atoms with E-state index in [1.165, 1.54) is 27.8 Å². The second-order valence-electron chi connectivity index (χ2n) is 9.33. The Hall–Kier alpha value is -3.46. The van der Waals surface area contributed by atoms with Gasteiger partial charge in [0.15, 0.2) is 0 Å². The molecule has 0 fully saturated rings. The minimum Gasteiger partial charge on any atom is -0.357 e. The maximum absolute atomic E-state index is 4.67. The van der Waals surface area contributed by atoms with Gasteiger partial charge in [-0.25, -0.2) is 0 Å². The normalized spacial score (nSPS) is 12.4. The van der Waals surface area contributed by atoms with Crippen LogP contribution in [0.3, 0.4) is 0 Å². The zero-order valence-corrected chi connectivity index (χ0v) is 23.2. The van der Waals surface area contributed by atoms with Crippen LogP contribution in [-0.2, 0) is 25.5 Å². The van der Waals surface area contributed by atoms with E-state index in [-0.39, 0.29) is 25.5 Å². The van der Waals surface area contributed by atoms with E-state index in [1.807, 2.05) is 62.6 Å². The molecule has 0 atom stereocenters. The summed E-state index contributed by atoms with van der Waals surface area (Å²) in [5.74, 6) is 0. The Kier molecular flexibility index (Phi) is 7.59. The number of hydrogen-bond donors (Lipinski definition) is 0. The monoisotopic (exact) mass is 646 g/mol. The molecule has 1 radical (unpaired) electrons. The summed E-state index contributed by atoms with van der Waals surface area (Å²) in [5, 5.41) is 0. The van der Waals surface area contributed by atoms with Crippen LogP contribution in [0.4, 0.5) is 0 Å². The van der Waals surface area contributed by atoms with Crippen molar-refractivity contribution in [2.24, 2.45) is 0 Å². The summed E-state index contributed by atoms with van der Waals surface area (Å²) < 4.78 is 0. The van der Waals surface area contributed by atoms with E-state index < -0.39 is 0 Å². The van der Waals surface area contributed by atoms with Gasteiger partial charge in [-0.15, -0.1) is 53.6 Å². The van der Waals surface area contributed by atoms with E-state index in [9.17, 15) is 0 Å². The van der Waals surface area contributed by atoms with Gasteiger partial charge in [-0.2, -0.15) is 0 Å². The Labute approximate surface area is 227 Å². The molecule has 0 amide bonds. The smallest absolute Gasteiger partial charge is 0.0242 e. The number of hydrogen-bond acceptors (Lipinski definition) is 3. The molecule has 0 bridgehead atoms. The molecule has 1 aliphatic carbocycles. The van der Waals surface area contributed by atoms with Crippen LogP contribution in [0.25, 0.3) is 33.6 Å². The topological polar surface area (TPSA) is 38.7 Å². The third kappa shape index (κ3) is 4.93. The van der Waals surface area contributed by atoms with Crippen molar-refractivity contribution in [2.75, 3.05) is 0 Å². The number of aromatic nitrogens is 3. The summed E-state index contributed by atoms with van der Waals surface area (Å²) in [6, 6.07) is 31.0. The SMILES string of the molecule is Cc1ccc(-c2[c-]cccc2)nc1.Cc1ncc[c-]c1-c1cc2c(cn1)-c1ccccc1C2(C)C.[Ir]. The van der Waals surface area contributed by atoms with E-state index in [0.717, 1.165) is 28.2 Å². The molecule has 0 N–H and O–H groups in total. The van der Waals surface area contributed by atoms with Crippen LogP contribution >= 0.6 is 0 Å². The van der Waals surface area contributed by atoms with Crippen molar-refractivity contribution >= 4 is 0 Å². The molecule has 0 aliphatic heterocycles. The number of fused-ring (bicyclic) bond motifs is 3. The Morgan fingerprint density at radius 1 is 0.694 bits per heavy atom. The molecular formula is C32H27IrN3-2. The van der Waals surface area contributed by atoms with Crippen LogP contribution in [0.1, 0.15) is 36.2 Å². The molecule has 181 valence electrons. The first-order valence-electron chi connectivity index (χ1n) is 11.8. The molecule has 0 spiro atoms. The van der Waals surface area contributed by atoms with Crippen molar-refractivity contribution in [1.82, 2.24) is 15.0 Å². The van der Waals surface area contributed by atoms with Crippen molar-refractivity contribution in [3.05, 3.63) is 126 Å². The van der Waals surface area contributed by atoms with E-state index in [0.29, 0.717) is 0 Å². The van der Waals surface area contributed by atoms with Gasteiger partial charge in [-0.3, -0.25) is 0 Å². The maximum Gasteiger partial charge on any atom is 0.0242 e. The molecule has 1 aliphatic rings. The molecule has 4 heteroatoms. The first kappa shape index (κ1) is 25.6. The van der Waals surface area contributed by atoms with Gasteiger partial charge in [-0.05, 0) is 46.3 Å². The minimum absolute atomic E-state index is 0. The largest absolute Gasteiger partial charge is 0.357 e. The van der Waals surface area contributed by atoms with Gasteiger partial charge < -0.3 is 15.0 Å². The van der Waals surface area contributed by atoms with Gasteiger partial charge in [0.1, 0.15) is 0 Å². The van der Waals surface area contributed by atoms with Crippen LogP contribution in [0, 0.1) is 26.0 Å². The molecule has 3 heterocycles. The van der Waals surface area contributed by atoms with Gasteiger partial charge >= 0.3 is 0 Å². The molecule has 0 unspecified atom stereocenters. The first-order chi connectivity index (χ1) is 16.9. The zero-order chi connectivity index (χ0) is 24.4. The van der Waals surface area contributed by atoms with Crippen molar-refractivity contribution in [1.29, 1.82) is 0 Å². The van der Waals surface area contributed by atoms with Crippen molar-refractivity contribution in [3.8, 4) is 33.6 Å². The summed E-state index contributed by atoms with van der Waals surface area (Å²) in [7, 11) is 0. The van der Waals surface area contributed by atoms with Gasteiger partial charge in [0.05, 0.1) is 0 Å². The molecule has 0 saturated heterocycles. The third-order valence-corrected chi connectivity index (χ3v) is 6.55. The molecule has 36 heavy (non-hydrogen) atoms. The second kappa shape index (κ2) is 10.7. The van der Waals surface area contributed by atoms with Crippen LogP contribution in [0.15, 0.2) is 91.4 Å². The van der Waals surface area contributed by atoms with Crippen molar-refractivity contribution in [2.45, 2.75) is 33.1 Å². The Bertz CT molecular complexity index is 1480. The van der Waals surface area contributed by atoms with E-state index in [1.54, 1.807) is 6.20 Å². The Morgan fingerprint density at radius 3 is 2.19 bits per heavy atom. The number of rotatable bonds is 2. The zero-order valence-electron chi connectivity index (χ0n) is 20.8. The van der Waals surface area contributed by atoms with Crippen LogP contribution in [0.2, 0.25) is 0 Å².